The lowest BCUT2D eigenvalue weighted by Crippen LogP contribution is -2.23. The van der Waals surface area contributed by atoms with Gasteiger partial charge in [-0.25, -0.2) is 9.48 Å². The van der Waals surface area contributed by atoms with Crippen molar-refractivity contribution < 1.29 is 18.7 Å². The lowest BCUT2D eigenvalue weighted by Gasteiger charge is -2.25. The summed E-state index contributed by atoms with van der Waals surface area (Å²) in [6.07, 6.45) is 3.36. The van der Waals surface area contributed by atoms with Gasteiger partial charge in [-0.3, -0.25) is 4.79 Å². The zero-order chi connectivity index (χ0) is 21.2. The Hall–Kier alpha value is -4.13. The van der Waals surface area contributed by atoms with E-state index >= 15 is 0 Å². The normalized spacial score (nSPS) is 15.2. The van der Waals surface area contributed by atoms with Gasteiger partial charge in [0, 0.05) is 18.1 Å². The van der Waals surface area contributed by atoms with E-state index in [1.54, 1.807) is 47.5 Å². The number of esters is 1. The zero-order valence-corrected chi connectivity index (χ0v) is 16.5. The second-order valence-corrected chi connectivity index (χ2v) is 7.29. The highest BCUT2D eigenvalue weighted by molar-refractivity contribution is 6.05. The van der Waals surface area contributed by atoms with Crippen LogP contribution in [0.25, 0.3) is 0 Å². The maximum Gasteiger partial charge on any atom is 0.339 e. The molecule has 0 saturated heterocycles. The number of furan rings is 1. The fourth-order valence-electron chi connectivity index (χ4n) is 3.69. The fraction of sp³-hybridized carbons (Fsp3) is 0.125. The Morgan fingerprint density at radius 3 is 2.77 bits per heavy atom. The molecule has 154 valence electrons. The Morgan fingerprint density at radius 1 is 1.10 bits per heavy atom. The minimum Gasteiger partial charge on any atom is -0.467 e. The molecule has 0 fully saturated rings. The van der Waals surface area contributed by atoms with E-state index in [2.05, 4.69) is 10.4 Å². The molecule has 0 bridgehead atoms. The van der Waals surface area contributed by atoms with Gasteiger partial charge in [-0.05, 0) is 41.5 Å². The number of cyclic esters (lactones) is 1. The Bertz CT molecular complexity index is 1230. The van der Waals surface area contributed by atoms with Crippen molar-refractivity contribution in [3.63, 3.8) is 0 Å². The number of anilines is 1. The molecule has 1 atom stereocenters. The first-order valence-corrected chi connectivity index (χ1v) is 9.92. The van der Waals surface area contributed by atoms with E-state index in [0.717, 1.165) is 16.9 Å². The van der Waals surface area contributed by atoms with Crippen molar-refractivity contribution in [3.8, 4) is 0 Å². The van der Waals surface area contributed by atoms with Crippen LogP contribution >= 0.6 is 0 Å². The predicted molar refractivity (Wildman–Crippen MR) is 113 cm³/mol. The van der Waals surface area contributed by atoms with Crippen LogP contribution in [0.3, 0.4) is 0 Å². The highest BCUT2D eigenvalue weighted by atomic mass is 16.5. The molecule has 0 saturated carbocycles. The zero-order valence-electron chi connectivity index (χ0n) is 16.5. The number of aromatic nitrogens is 2. The van der Waals surface area contributed by atoms with Crippen molar-refractivity contribution in [2.24, 2.45) is 0 Å². The van der Waals surface area contributed by atoms with Crippen molar-refractivity contribution in [3.05, 3.63) is 107 Å². The van der Waals surface area contributed by atoms with Gasteiger partial charge >= 0.3 is 5.97 Å². The molecule has 0 radical (unpaired) electrons. The largest absolute Gasteiger partial charge is 0.467 e. The van der Waals surface area contributed by atoms with Gasteiger partial charge in [0.05, 0.1) is 18.0 Å². The highest BCUT2D eigenvalue weighted by Crippen LogP contribution is 2.31. The monoisotopic (exact) mass is 413 g/mol. The topological polar surface area (TPSA) is 86.4 Å². The molecule has 0 unspecified atom stereocenters. The maximum absolute atomic E-state index is 12.9. The van der Waals surface area contributed by atoms with E-state index in [0.29, 0.717) is 29.9 Å². The quantitative estimate of drug-likeness (QED) is 0.495. The number of rotatable bonds is 5. The number of carbonyl (C=O) groups is 2. The van der Waals surface area contributed by atoms with Gasteiger partial charge in [0.15, 0.2) is 0 Å². The van der Waals surface area contributed by atoms with Crippen molar-refractivity contribution in [2.75, 3.05) is 5.32 Å². The molecule has 4 aromatic rings. The molecule has 1 amide bonds. The first-order valence-electron chi connectivity index (χ1n) is 9.92. The third kappa shape index (κ3) is 3.85. The Morgan fingerprint density at radius 2 is 1.97 bits per heavy atom. The summed E-state index contributed by atoms with van der Waals surface area (Å²) in [7, 11) is 0. The van der Waals surface area contributed by atoms with E-state index in [-0.39, 0.29) is 18.0 Å². The summed E-state index contributed by atoms with van der Waals surface area (Å²) in [6, 6.07) is 20.0. The molecule has 0 spiro atoms. The van der Waals surface area contributed by atoms with Gasteiger partial charge in [0.2, 0.25) is 0 Å². The highest BCUT2D eigenvalue weighted by Gasteiger charge is 2.28. The van der Waals surface area contributed by atoms with Crippen LogP contribution in [0.5, 0.6) is 0 Å². The van der Waals surface area contributed by atoms with E-state index < -0.39 is 0 Å². The molecule has 5 rings (SSSR count). The molecule has 1 aliphatic heterocycles. The van der Waals surface area contributed by atoms with Crippen LogP contribution in [-0.4, -0.2) is 21.7 Å². The lowest BCUT2D eigenvalue weighted by atomic mass is 9.93. The average Bonchev–Trinajstić information content (AvgIpc) is 3.46. The summed E-state index contributed by atoms with van der Waals surface area (Å²) in [4.78, 5) is 25.4. The molecular formula is C24H19N3O4. The lowest BCUT2D eigenvalue weighted by molar-refractivity contribution is 0.0252. The summed E-state index contributed by atoms with van der Waals surface area (Å²) in [6.45, 7) is 0.407. The van der Waals surface area contributed by atoms with Crippen LogP contribution in [0.15, 0.2) is 83.6 Å². The maximum atomic E-state index is 12.9. The molecule has 2 aromatic heterocycles. The smallest absolute Gasteiger partial charge is 0.339 e. The van der Waals surface area contributed by atoms with Gasteiger partial charge in [0.1, 0.15) is 24.2 Å². The van der Waals surface area contributed by atoms with Gasteiger partial charge in [-0.2, -0.15) is 5.10 Å². The minimum absolute atomic E-state index is 0.279. The number of ether oxygens (including phenoxy) is 1. The third-order valence-corrected chi connectivity index (χ3v) is 5.26. The van der Waals surface area contributed by atoms with Crippen LogP contribution in [-0.2, 0) is 17.7 Å². The number of amides is 1. The molecule has 31 heavy (non-hydrogen) atoms. The van der Waals surface area contributed by atoms with E-state index in [9.17, 15) is 9.59 Å². The summed E-state index contributed by atoms with van der Waals surface area (Å²) in [5.74, 6) is 0.636. The van der Waals surface area contributed by atoms with Gasteiger partial charge in [-0.15, -0.1) is 0 Å². The number of carbonyl (C=O) groups excluding carboxylic acids is 2. The predicted octanol–water partition coefficient (Wildman–Crippen LogP) is 4.23. The average molecular weight is 413 g/mol. The molecule has 7 heteroatoms. The van der Waals surface area contributed by atoms with E-state index in [1.807, 2.05) is 36.4 Å². The molecule has 1 aliphatic rings. The number of fused-ring (bicyclic) bond motifs is 1. The molecule has 2 aromatic carbocycles. The van der Waals surface area contributed by atoms with Crippen LogP contribution in [0.4, 0.5) is 5.82 Å². The van der Waals surface area contributed by atoms with Gasteiger partial charge in [-0.1, -0.05) is 30.3 Å². The summed E-state index contributed by atoms with van der Waals surface area (Å²) in [5.41, 5.74) is 2.68. The van der Waals surface area contributed by atoms with Crippen LogP contribution in [0.2, 0.25) is 0 Å². The fourth-order valence-corrected chi connectivity index (χ4v) is 3.69. The van der Waals surface area contributed by atoms with Crippen molar-refractivity contribution in [2.45, 2.75) is 19.1 Å². The van der Waals surface area contributed by atoms with Gasteiger partial charge in [0.25, 0.3) is 5.91 Å². The van der Waals surface area contributed by atoms with Crippen LogP contribution in [0.1, 0.15) is 43.7 Å². The number of nitrogens with one attached hydrogen (secondary N) is 1. The molecule has 3 heterocycles. The number of benzene rings is 2. The summed E-state index contributed by atoms with van der Waals surface area (Å²) in [5, 5.41) is 7.13. The second kappa shape index (κ2) is 7.95. The van der Waals surface area contributed by atoms with Crippen molar-refractivity contribution in [1.29, 1.82) is 0 Å². The van der Waals surface area contributed by atoms with Crippen molar-refractivity contribution in [1.82, 2.24) is 9.78 Å². The van der Waals surface area contributed by atoms with Crippen LogP contribution in [0, 0.1) is 0 Å². The van der Waals surface area contributed by atoms with Crippen LogP contribution < -0.4 is 5.32 Å². The number of nitrogens with zero attached hydrogens (tertiary/aromatic N) is 2. The molecular weight excluding hydrogens is 394 g/mol. The molecule has 0 aliphatic carbocycles. The Labute approximate surface area is 178 Å². The van der Waals surface area contributed by atoms with Gasteiger partial charge < -0.3 is 14.5 Å². The number of hydrogen-bond acceptors (Lipinski definition) is 5. The van der Waals surface area contributed by atoms with Crippen molar-refractivity contribution >= 4 is 17.7 Å². The third-order valence-electron chi connectivity index (χ3n) is 5.26. The summed E-state index contributed by atoms with van der Waals surface area (Å²) >= 11 is 0. The SMILES string of the molecule is O=C(Nc1ccnn1Cc1ccco1)c1ccc2c(c1)C[C@H](c1ccccc1)OC2=O. The first-order chi connectivity index (χ1) is 15.2. The Kier molecular flexibility index (Phi) is 4.84. The molecule has 1 N–H and O–H groups in total. The minimum atomic E-state index is -0.376. The van der Waals surface area contributed by atoms with E-state index in [1.165, 1.54) is 0 Å². The first kappa shape index (κ1) is 18.9. The Balaban J connectivity index is 1.36. The van der Waals surface area contributed by atoms with E-state index in [4.69, 9.17) is 9.15 Å². The standard InChI is InChI=1S/C24H19N3O4/c28-23(26-22-10-11-25-27(22)15-19-7-4-12-30-19)17-8-9-20-18(13-17)14-21(31-24(20)29)16-5-2-1-3-6-16/h1-13,21H,14-15H2,(H,26,28)/t21-/m1/s1. The second-order valence-electron chi connectivity index (χ2n) is 7.29. The summed E-state index contributed by atoms with van der Waals surface area (Å²) < 4.78 is 12.6. The molecule has 7 nitrogen and oxygen atoms in total. The number of hydrogen-bond donors (Lipinski definition) is 1.